The predicted molar refractivity (Wildman–Crippen MR) is 127 cm³/mol. The molecule has 0 aliphatic carbocycles. The highest BCUT2D eigenvalue weighted by Gasteiger charge is 2.49. The van der Waals surface area contributed by atoms with Crippen LogP contribution in [0.5, 0.6) is 0 Å². The van der Waals surface area contributed by atoms with E-state index in [1.54, 1.807) is 13.8 Å². The fourth-order valence-corrected chi connectivity index (χ4v) is 7.11. The summed E-state index contributed by atoms with van der Waals surface area (Å²) in [5.41, 5.74) is 1.46. The summed E-state index contributed by atoms with van der Waals surface area (Å²) in [6, 6.07) is 11.1. The molecule has 0 spiro atoms. The Labute approximate surface area is 190 Å². The zero-order valence-electron chi connectivity index (χ0n) is 19.2. The van der Waals surface area contributed by atoms with Crippen molar-refractivity contribution in [2.24, 2.45) is 5.41 Å². The molecule has 1 saturated heterocycles. The molecule has 9 heteroatoms. The van der Waals surface area contributed by atoms with E-state index in [2.05, 4.69) is 4.72 Å². The van der Waals surface area contributed by atoms with E-state index in [0.717, 1.165) is 15.4 Å². The van der Waals surface area contributed by atoms with Crippen LogP contribution < -0.4 is 9.03 Å². The van der Waals surface area contributed by atoms with Gasteiger partial charge >= 0.3 is 0 Å². The second-order valence-corrected chi connectivity index (χ2v) is 12.9. The van der Waals surface area contributed by atoms with Gasteiger partial charge in [0.2, 0.25) is 15.9 Å². The van der Waals surface area contributed by atoms with Crippen LogP contribution in [-0.2, 0) is 24.8 Å². The average molecular weight is 479 g/mol. The van der Waals surface area contributed by atoms with Crippen LogP contribution in [0.2, 0.25) is 0 Å². The molecule has 2 aromatic carbocycles. The van der Waals surface area contributed by atoms with Crippen molar-refractivity contribution in [1.82, 2.24) is 0 Å². The molecule has 0 bridgehead atoms. The Morgan fingerprint density at radius 3 is 1.84 bits per heavy atom. The third kappa shape index (κ3) is 4.41. The fourth-order valence-electron chi connectivity index (χ4n) is 3.88. The lowest BCUT2D eigenvalue weighted by Gasteiger charge is -2.21. The van der Waals surface area contributed by atoms with Gasteiger partial charge in [0.25, 0.3) is 10.0 Å². The molecule has 1 aliphatic rings. The van der Waals surface area contributed by atoms with E-state index in [0.29, 0.717) is 5.69 Å². The highest BCUT2D eigenvalue weighted by Crippen LogP contribution is 2.37. The van der Waals surface area contributed by atoms with Gasteiger partial charge in [0.15, 0.2) is 0 Å². The summed E-state index contributed by atoms with van der Waals surface area (Å²) in [6.45, 7) is 11.2. The van der Waals surface area contributed by atoms with Gasteiger partial charge < -0.3 is 0 Å². The zero-order valence-corrected chi connectivity index (χ0v) is 20.8. The third-order valence-electron chi connectivity index (χ3n) is 5.58. The van der Waals surface area contributed by atoms with Crippen molar-refractivity contribution >= 4 is 37.3 Å². The van der Waals surface area contributed by atoms with Gasteiger partial charge in [0.05, 0.1) is 27.4 Å². The van der Waals surface area contributed by atoms with Gasteiger partial charge in [-0.25, -0.2) is 21.1 Å². The lowest BCUT2D eigenvalue weighted by Crippen LogP contribution is -2.32. The molecule has 0 aromatic heterocycles. The van der Waals surface area contributed by atoms with Gasteiger partial charge in [-0.15, -0.1) is 0 Å². The molecule has 1 amide bonds. The van der Waals surface area contributed by atoms with E-state index in [1.165, 1.54) is 24.3 Å². The molecule has 1 N–H and O–H groups in total. The number of nitrogens with zero attached hydrogens (tertiary/aromatic N) is 1. The van der Waals surface area contributed by atoms with E-state index >= 15 is 0 Å². The molecule has 2 aromatic rings. The van der Waals surface area contributed by atoms with E-state index in [9.17, 15) is 21.6 Å². The second kappa shape index (κ2) is 8.19. The molecule has 0 atom stereocenters. The topological polar surface area (TPSA) is 101 Å². The zero-order chi connectivity index (χ0) is 24.1. The monoisotopic (exact) mass is 478 g/mol. The van der Waals surface area contributed by atoms with Crippen molar-refractivity contribution < 1.29 is 21.6 Å². The first-order valence-electron chi connectivity index (χ1n) is 10.5. The fraction of sp³-hybridized carbons (Fsp3) is 0.435. The van der Waals surface area contributed by atoms with E-state index in [-0.39, 0.29) is 28.2 Å². The predicted octanol–water partition coefficient (Wildman–Crippen LogP) is 4.44. The quantitative estimate of drug-likeness (QED) is 0.662. The van der Waals surface area contributed by atoms with Crippen LogP contribution in [0.25, 0.3) is 0 Å². The van der Waals surface area contributed by atoms with Crippen LogP contribution in [0.4, 0.5) is 11.4 Å². The van der Waals surface area contributed by atoms with E-state index < -0.39 is 31.4 Å². The summed E-state index contributed by atoms with van der Waals surface area (Å²) in [4.78, 5) is 12.6. The molecule has 1 heterocycles. The summed E-state index contributed by atoms with van der Waals surface area (Å²) < 4.78 is 54.8. The van der Waals surface area contributed by atoms with Crippen LogP contribution >= 0.6 is 0 Å². The number of para-hydroxylation sites is 1. The number of hydrogen-bond donors (Lipinski definition) is 1. The number of amides is 1. The Morgan fingerprint density at radius 1 is 0.938 bits per heavy atom. The molecule has 0 unspecified atom stereocenters. The Balaban J connectivity index is 1.98. The number of benzene rings is 2. The first kappa shape index (κ1) is 24.3. The van der Waals surface area contributed by atoms with E-state index in [1.807, 2.05) is 45.9 Å². The maximum absolute atomic E-state index is 13.2. The SMILES string of the molecule is CC(C)c1cccc(C(C)C)c1NS(=O)(=O)c1ccc(N2C(=O)C(C)(C)CS2(=O)=O)cc1. The maximum Gasteiger partial charge on any atom is 0.261 e. The highest BCUT2D eigenvalue weighted by molar-refractivity contribution is 7.94. The molecule has 0 radical (unpaired) electrons. The van der Waals surface area contributed by atoms with Crippen LogP contribution in [0.1, 0.15) is 64.5 Å². The summed E-state index contributed by atoms with van der Waals surface area (Å²) in [7, 11) is -7.74. The normalized spacial score (nSPS) is 17.9. The standard InChI is InChI=1S/C23H30N2O5S2/c1-15(2)19-8-7-9-20(16(3)4)21(19)24-32(29,30)18-12-10-17(11-13-18)25-22(26)23(5,6)14-31(25,27)28/h7-13,15-16,24H,14H2,1-6H3. The molecular formula is C23H30N2O5S2. The molecule has 1 aliphatic heterocycles. The Kier molecular flexibility index (Phi) is 6.21. The molecular weight excluding hydrogens is 448 g/mol. The number of rotatable bonds is 6. The second-order valence-electron chi connectivity index (χ2n) is 9.43. The first-order valence-corrected chi connectivity index (χ1v) is 13.6. The van der Waals surface area contributed by atoms with Crippen LogP contribution in [0.15, 0.2) is 47.4 Å². The minimum Gasteiger partial charge on any atom is -0.279 e. The van der Waals surface area contributed by atoms with Gasteiger partial charge in [-0.1, -0.05) is 45.9 Å². The van der Waals surface area contributed by atoms with Crippen LogP contribution in [-0.4, -0.2) is 28.5 Å². The van der Waals surface area contributed by atoms with Gasteiger partial charge in [0.1, 0.15) is 0 Å². The van der Waals surface area contributed by atoms with Crippen molar-refractivity contribution in [3.8, 4) is 0 Å². The van der Waals surface area contributed by atoms with Crippen molar-refractivity contribution in [3.05, 3.63) is 53.6 Å². The average Bonchev–Trinajstić information content (AvgIpc) is 2.83. The smallest absolute Gasteiger partial charge is 0.261 e. The van der Waals surface area contributed by atoms with Crippen molar-refractivity contribution in [1.29, 1.82) is 0 Å². The molecule has 0 saturated carbocycles. The Morgan fingerprint density at radius 2 is 1.44 bits per heavy atom. The summed E-state index contributed by atoms with van der Waals surface area (Å²) >= 11 is 0. The highest BCUT2D eigenvalue weighted by atomic mass is 32.2. The molecule has 7 nitrogen and oxygen atoms in total. The Bertz CT molecular complexity index is 1220. The number of anilines is 2. The first-order chi connectivity index (χ1) is 14.7. The van der Waals surface area contributed by atoms with E-state index in [4.69, 9.17) is 0 Å². The van der Waals surface area contributed by atoms with Crippen LogP contribution in [0.3, 0.4) is 0 Å². The minimum atomic E-state index is -3.93. The maximum atomic E-state index is 13.2. The summed E-state index contributed by atoms with van der Waals surface area (Å²) in [6.07, 6.45) is 0. The molecule has 32 heavy (non-hydrogen) atoms. The minimum absolute atomic E-state index is 0.0159. The number of carbonyl (C=O) groups excluding carboxylic acids is 1. The lowest BCUT2D eigenvalue weighted by atomic mass is 9.93. The number of hydrogen-bond acceptors (Lipinski definition) is 5. The van der Waals surface area contributed by atoms with Crippen molar-refractivity contribution in [3.63, 3.8) is 0 Å². The number of sulfonamides is 2. The largest absolute Gasteiger partial charge is 0.279 e. The molecule has 3 rings (SSSR count). The molecule has 174 valence electrons. The van der Waals surface area contributed by atoms with Crippen LogP contribution in [0, 0.1) is 5.41 Å². The van der Waals surface area contributed by atoms with Gasteiger partial charge in [-0.05, 0) is 61.1 Å². The molecule has 1 fully saturated rings. The summed E-state index contributed by atoms with van der Waals surface area (Å²) in [5, 5.41) is 0. The number of nitrogens with one attached hydrogen (secondary N) is 1. The number of carbonyl (C=O) groups is 1. The van der Waals surface area contributed by atoms with Gasteiger partial charge in [-0.3, -0.25) is 9.52 Å². The van der Waals surface area contributed by atoms with Gasteiger partial charge in [-0.2, -0.15) is 0 Å². The van der Waals surface area contributed by atoms with Crippen molar-refractivity contribution in [2.75, 3.05) is 14.8 Å². The summed E-state index contributed by atoms with van der Waals surface area (Å²) in [5.74, 6) is -0.588. The van der Waals surface area contributed by atoms with Gasteiger partial charge in [0, 0.05) is 0 Å². The third-order valence-corrected chi connectivity index (χ3v) is 8.96. The van der Waals surface area contributed by atoms with Crippen molar-refractivity contribution in [2.45, 2.75) is 58.3 Å². The lowest BCUT2D eigenvalue weighted by molar-refractivity contribution is -0.123. The Hall–Kier alpha value is -2.39.